The van der Waals surface area contributed by atoms with E-state index in [-0.39, 0.29) is 47.4 Å². The van der Waals surface area contributed by atoms with Crippen LogP contribution in [0.3, 0.4) is 0 Å². The summed E-state index contributed by atoms with van der Waals surface area (Å²) in [5.74, 6) is -2.42. The number of aliphatic hydroxyl groups excluding tert-OH is 1. The van der Waals surface area contributed by atoms with Gasteiger partial charge in [-0.2, -0.15) is 10.3 Å². The van der Waals surface area contributed by atoms with E-state index >= 15 is 8.78 Å². The van der Waals surface area contributed by atoms with Gasteiger partial charge in [0.25, 0.3) is 0 Å². The van der Waals surface area contributed by atoms with E-state index in [4.69, 9.17) is 4.84 Å². The number of ketones is 1. The lowest BCUT2D eigenvalue weighted by atomic mass is 9.45. The second-order valence-electron chi connectivity index (χ2n) is 12.9. The number of aliphatic hydroxyl groups is 1. The third-order valence-corrected chi connectivity index (χ3v) is 11.8. The minimum Gasteiger partial charge on any atom is -0.390 e. The van der Waals surface area contributed by atoms with Crippen LogP contribution in [0, 0.1) is 39.9 Å². The van der Waals surface area contributed by atoms with E-state index in [1.54, 1.807) is 6.92 Å². The van der Waals surface area contributed by atoms with Gasteiger partial charge in [0.1, 0.15) is 5.83 Å². The van der Waals surface area contributed by atoms with E-state index in [1.807, 2.05) is 36.3 Å². The molecule has 1 aliphatic heterocycles. The topological polar surface area (TPSA) is 90.6 Å². The highest BCUT2D eigenvalue weighted by atomic mass is 32.2. The molecule has 4 aliphatic carbocycles. The van der Waals surface area contributed by atoms with E-state index in [9.17, 15) is 20.0 Å². The maximum absolute atomic E-state index is 17.6. The van der Waals surface area contributed by atoms with E-state index in [0.717, 1.165) is 24.6 Å². The quantitative estimate of drug-likeness (QED) is 0.488. The standard InChI is InChI=1S/C32H36F2N2O4S/c1-29-11-10-22(37)16-25(29)26(33)17-24-23-15-21-19-36(13-6-9-20-7-4-3-5-8-20)40-32(21,28(39)41-14-12-35)30(23,2)18-27(38)31(24,29)34/h3-5,7-8,10-11,21,23-24,27,38H,6,9,13-19H2,1-2H3/t21-,23-,24-,27-,29-,30-,31-,32-/m0/s1. The van der Waals surface area contributed by atoms with Crippen LogP contribution < -0.4 is 0 Å². The van der Waals surface area contributed by atoms with Gasteiger partial charge in [-0.05, 0) is 55.7 Å². The van der Waals surface area contributed by atoms with Gasteiger partial charge < -0.3 is 5.11 Å². The number of thioether (sulfide) groups is 1. The predicted octanol–water partition coefficient (Wildman–Crippen LogP) is 5.28. The smallest absolute Gasteiger partial charge is 0.224 e. The molecule has 8 atom stereocenters. The maximum Gasteiger partial charge on any atom is 0.224 e. The second kappa shape index (κ2) is 10.1. The summed E-state index contributed by atoms with van der Waals surface area (Å²) in [6.07, 6.45) is 2.92. The minimum absolute atomic E-state index is 0.0375. The van der Waals surface area contributed by atoms with Gasteiger partial charge in [0, 0.05) is 48.6 Å². The molecule has 1 aromatic carbocycles. The summed E-state index contributed by atoms with van der Waals surface area (Å²) < 4.78 is 33.3. The molecule has 1 saturated heterocycles. The second-order valence-corrected chi connectivity index (χ2v) is 13.8. The molecule has 0 aromatic heterocycles. The van der Waals surface area contributed by atoms with Gasteiger partial charge >= 0.3 is 0 Å². The molecule has 6 nitrogen and oxygen atoms in total. The average Bonchev–Trinajstić information content (AvgIpc) is 3.43. The van der Waals surface area contributed by atoms with Crippen LogP contribution in [-0.4, -0.2) is 57.3 Å². The van der Waals surface area contributed by atoms with Gasteiger partial charge in [-0.1, -0.05) is 55.1 Å². The Bertz CT molecular complexity index is 1360. The molecular weight excluding hydrogens is 546 g/mol. The number of halogens is 2. The number of alkyl halides is 1. The van der Waals surface area contributed by atoms with Crippen molar-refractivity contribution in [2.45, 2.75) is 69.7 Å². The van der Waals surface area contributed by atoms with Crippen LogP contribution in [0.2, 0.25) is 0 Å². The number of hydroxylamine groups is 2. The third-order valence-electron chi connectivity index (χ3n) is 11.0. The number of carbonyl (C=O) groups excluding carboxylic acids is 2. The highest BCUT2D eigenvalue weighted by Crippen LogP contribution is 2.73. The molecule has 0 amide bonds. The molecule has 3 fully saturated rings. The highest BCUT2D eigenvalue weighted by molar-refractivity contribution is 8.14. The van der Waals surface area contributed by atoms with Crippen LogP contribution in [0.25, 0.3) is 0 Å². The first-order valence-corrected chi connectivity index (χ1v) is 15.5. The Kier molecular flexibility index (Phi) is 7.09. The number of aryl methyl sites for hydroxylation is 1. The summed E-state index contributed by atoms with van der Waals surface area (Å²) in [4.78, 5) is 32.8. The average molecular weight is 583 g/mol. The van der Waals surface area contributed by atoms with E-state index < -0.39 is 45.9 Å². The molecule has 41 heavy (non-hydrogen) atoms. The van der Waals surface area contributed by atoms with Crippen molar-refractivity contribution in [2.75, 3.05) is 18.8 Å². The van der Waals surface area contributed by atoms with Crippen molar-refractivity contribution in [3.63, 3.8) is 0 Å². The Morgan fingerprint density at radius 1 is 1.27 bits per heavy atom. The van der Waals surface area contributed by atoms with Crippen molar-refractivity contribution in [1.82, 2.24) is 5.06 Å². The lowest BCUT2D eigenvalue weighted by molar-refractivity contribution is -0.260. The number of nitrogens with zero attached hydrogens (tertiary/aromatic N) is 2. The van der Waals surface area contributed by atoms with Crippen LogP contribution in [0.15, 0.2) is 53.9 Å². The molecule has 2 saturated carbocycles. The Morgan fingerprint density at radius 2 is 2.02 bits per heavy atom. The fourth-order valence-corrected chi connectivity index (χ4v) is 9.93. The fourth-order valence-electron chi connectivity index (χ4n) is 9.08. The van der Waals surface area contributed by atoms with Gasteiger partial charge in [-0.15, -0.1) is 0 Å². The van der Waals surface area contributed by atoms with Crippen LogP contribution >= 0.6 is 11.8 Å². The highest BCUT2D eigenvalue weighted by Gasteiger charge is 2.79. The number of allylic oxidation sites excluding steroid dienone is 4. The maximum atomic E-state index is 17.6. The summed E-state index contributed by atoms with van der Waals surface area (Å²) in [5.41, 5.74) is -4.65. The summed E-state index contributed by atoms with van der Waals surface area (Å²) in [5, 5.41) is 22.5. The largest absolute Gasteiger partial charge is 0.390 e. The Labute approximate surface area is 243 Å². The third kappa shape index (κ3) is 3.97. The molecule has 0 unspecified atom stereocenters. The lowest BCUT2D eigenvalue weighted by Gasteiger charge is -2.62. The summed E-state index contributed by atoms with van der Waals surface area (Å²) in [6.45, 7) is 4.55. The number of fused-ring (bicyclic) bond motifs is 7. The van der Waals surface area contributed by atoms with Gasteiger partial charge in [0.15, 0.2) is 17.1 Å². The normalized spacial score (nSPS) is 41.4. The Morgan fingerprint density at radius 3 is 2.76 bits per heavy atom. The first-order valence-electron chi connectivity index (χ1n) is 14.5. The first-order chi connectivity index (χ1) is 19.5. The molecule has 1 heterocycles. The van der Waals surface area contributed by atoms with Crippen LogP contribution in [0.5, 0.6) is 0 Å². The number of carbonyl (C=O) groups is 2. The molecule has 0 radical (unpaired) electrons. The monoisotopic (exact) mass is 582 g/mol. The van der Waals surface area contributed by atoms with Gasteiger partial charge in [0.2, 0.25) is 5.12 Å². The Balaban J connectivity index is 1.34. The van der Waals surface area contributed by atoms with Gasteiger partial charge in [-0.25, -0.2) is 8.78 Å². The first kappa shape index (κ1) is 28.7. The predicted molar refractivity (Wildman–Crippen MR) is 151 cm³/mol. The molecule has 1 N–H and O–H groups in total. The summed E-state index contributed by atoms with van der Waals surface area (Å²) in [7, 11) is 0. The molecular formula is C32H36F2N2O4S. The molecule has 0 bridgehead atoms. The van der Waals surface area contributed by atoms with Crippen LogP contribution in [-0.2, 0) is 20.8 Å². The zero-order chi connectivity index (χ0) is 29.2. The zero-order valence-electron chi connectivity index (χ0n) is 23.4. The van der Waals surface area contributed by atoms with Crippen molar-refractivity contribution >= 4 is 22.7 Å². The molecule has 1 aromatic rings. The van der Waals surface area contributed by atoms with Crippen molar-refractivity contribution in [2.24, 2.45) is 28.6 Å². The number of hydrogen-bond acceptors (Lipinski definition) is 7. The van der Waals surface area contributed by atoms with Crippen molar-refractivity contribution in [3.05, 3.63) is 59.4 Å². The zero-order valence-corrected chi connectivity index (χ0v) is 24.3. The number of nitriles is 1. The summed E-state index contributed by atoms with van der Waals surface area (Å²) in [6, 6.07) is 12.1. The van der Waals surface area contributed by atoms with Crippen molar-refractivity contribution < 1.29 is 28.3 Å². The Hall–Kier alpha value is -2.38. The molecule has 6 rings (SSSR count). The molecule has 218 valence electrons. The molecule has 9 heteroatoms. The number of rotatable bonds is 6. The summed E-state index contributed by atoms with van der Waals surface area (Å²) >= 11 is 0.907. The van der Waals surface area contributed by atoms with Crippen LogP contribution in [0.1, 0.15) is 51.5 Å². The van der Waals surface area contributed by atoms with Gasteiger partial charge in [0.05, 0.1) is 17.9 Å². The fraction of sp³-hybridized carbons (Fsp3) is 0.594. The number of benzene rings is 1. The van der Waals surface area contributed by atoms with Crippen molar-refractivity contribution in [3.8, 4) is 6.07 Å². The SMILES string of the molecule is C[C@]12C=CC(=O)CC1=C(F)C[C@H]1[C@@H]3C[C@H]4CN(CCCc5ccccc5)O[C@@]4(C(=O)SCC#N)[C@@]3(C)C[C@H](O)[C@@]12F. The van der Waals surface area contributed by atoms with Gasteiger partial charge in [-0.3, -0.25) is 14.4 Å². The van der Waals surface area contributed by atoms with E-state index in [0.29, 0.717) is 19.5 Å². The number of hydrogen-bond donors (Lipinski definition) is 1. The molecule has 5 aliphatic rings. The van der Waals surface area contributed by atoms with Crippen molar-refractivity contribution in [1.29, 1.82) is 5.26 Å². The molecule has 0 spiro atoms. The van der Waals surface area contributed by atoms with Crippen LogP contribution in [0.4, 0.5) is 8.78 Å². The minimum atomic E-state index is -2.20. The van der Waals surface area contributed by atoms with E-state index in [1.165, 1.54) is 17.7 Å². The van der Waals surface area contributed by atoms with E-state index in [2.05, 4.69) is 12.1 Å². The lowest BCUT2D eigenvalue weighted by Crippen LogP contribution is -2.69.